The highest BCUT2D eigenvalue weighted by Gasteiger charge is 2.36. The van der Waals surface area contributed by atoms with Gasteiger partial charge in [0.1, 0.15) is 0 Å². The monoisotopic (exact) mass is 282 g/mol. The fourth-order valence-electron chi connectivity index (χ4n) is 2.66. The van der Waals surface area contributed by atoms with E-state index in [4.69, 9.17) is 0 Å². The average molecular weight is 282 g/mol. The predicted molar refractivity (Wildman–Crippen MR) is 72.1 cm³/mol. The van der Waals surface area contributed by atoms with Crippen LogP contribution in [0.2, 0.25) is 0 Å². The van der Waals surface area contributed by atoms with Gasteiger partial charge in [-0.25, -0.2) is 13.2 Å². The maximum atomic E-state index is 12.3. The number of carbonyl (C=O) groups is 1. The average Bonchev–Trinajstić information content (AvgIpc) is 2.24. The van der Waals surface area contributed by atoms with Crippen LogP contribution in [-0.2, 0) is 21.0 Å². The molecule has 1 aromatic carbocycles. The lowest BCUT2D eigenvalue weighted by Crippen LogP contribution is -2.32. The highest BCUT2D eigenvalue weighted by atomic mass is 32.2. The van der Waals surface area contributed by atoms with E-state index in [1.807, 2.05) is 13.8 Å². The summed E-state index contributed by atoms with van der Waals surface area (Å²) in [4.78, 5) is 11.9. The van der Waals surface area contributed by atoms with E-state index in [2.05, 4.69) is 4.74 Å². The van der Waals surface area contributed by atoms with E-state index < -0.39 is 15.8 Å². The molecule has 19 heavy (non-hydrogen) atoms. The molecule has 0 saturated carbocycles. The zero-order valence-corrected chi connectivity index (χ0v) is 12.4. The van der Waals surface area contributed by atoms with E-state index in [0.29, 0.717) is 12.0 Å². The molecule has 1 heterocycles. The van der Waals surface area contributed by atoms with Crippen molar-refractivity contribution in [2.75, 3.05) is 12.9 Å². The molecule has 5 heteroatoms. The first kappa shape index (κ1) is 14.1. The van der Waals surface area contributed by atoms with Crippen LogP contribution in [0.1, 0.15) is 35.3 Å². The molecule has 0 N–H and O–H groups in total. The molecule has 4 nitrogen and oxygen atoms in total. The van der Waals surface area contributed by atoms with E-state index in [0.717, 1.165) is 11.1 Å². The summed E-state index contributed by atoms with van der Waals surface area (Å²) in [5.41, 5.74) is 1.59. The standard InChI is InChI=1S/C14H18O4S/c1-9-5-10-7-14(2,3)8-19(16,17)12(10)6-11(9)13(15)18-4/h5-6H,7-8H2,1-4H3. The van der Waals surface area contributed by atoms with Crippen LogP contribution >= 0.6 is 0 Å². The number of hydrogen-bond acceptors (Lipinski definition) is 4. The molecular weight excluding hydrogens is 264 g/mol. The van der Waals surface area contributed by atoms with Gasteiger partial charge < -0.3 is 4.74 Å². The number of hydrogen-bond donors (Lipinski definition) is 0. The lowest BCUT2D eigenvalue weighted by atomic mass is 9.86. The Morgan fingerprint density at radius 1 is 1.32 bits per heavy atom. The van der Waals surface area contributed by atoms with Gasteiger partial charge in [-0.15, -0.1) is 0 Å². The van der Waals surface area contributed by atoms with Gasteiger partial charge >= 0.3 is 5.97 Å². The lowest BCUT2D eigenvalue weighted by molar-refractivity contribution is 0.0599. The Kier molecular flexibility index (Phi) is 3.21. The second-order valence-corrected chi connectivity index (χ2v) is 7.82. The van der Waals surface area contributed by atoms with Gasteiger partial charge in [-0.2, -0.15) is 0 Å². The van der Waals surface area contributed by atoms with Crippen LogP contribution in [0.15, 0.2) is 17.0 Å². The summed E-state index contributed by atoms with van der Waals surface area (Å²) < 4.78 is 29.3. The van der Waals surface area contributed by atoms with Gasteiger partial charge in [0.15, 0.2) is 9.84 Å². The van der Waals surface area contributed by atoms with Crippen LogP contribution < -0.4 is 0 Å². The van der Waals surface area contributed by atoms with Gasteiger partial charge in [0.05, 0.1) is 23.3 Å². The van der Waals surface area contributed by atoms with Crippen molar-refractivity contribution in [2.24, 2.45) is 5.41 Å². The topological polar surface area (TPSA) is 60.4 Å². The number of rotatable bonds is 1. The summed E-state index contributed by atoms with van der Waals surface area (Å²) in [6.45, 7) is 5.68. The molecule has 0 aliphatic carbocycles. The van der Waals surface area contributed by atoms with Gasteiger partial charge in [-0.05, 0) is 36.0 Å². The minimum Gasteiger partial charge on any atom is -0.465 e. The maximum absolute atomic E-state index is 12.3. The summed E-state index contributed by atoms with van der Waals surface area (Å²) in [5, 5.41) is 0. The van der Waals surface area contributed by atoms with Crippen LogP contribution in [0, 0.1) is 12.3 Å². The van der Waals surface area contributed by atoms with Crippen molar-refractivity contribution in [2.45, 2.75) is 32.1 Å². The summed E-state index contributed by atoms with van der Waals surface area (Å²) in [6, 6.07) is 3.25. The van der Waals surface area contributed by atoms with Crippen LogP contribution in [0.5, 0.6) is 0 Å². The van der Waals surface area contributed by atoms with Crippen LogP contribution in [-0.4, -0.2) is 27.2 Å². The summed E-state index contributed by atoms with van der Waals surface area (Å²) in [6.07, 6.45) is 0.698. The molecule has 1 aromatic rings. The molecule has 0 amide bonds. The van der Waals surface area contributed by atoms with E-state index in [-0.39, 0.29) is 16.1 Å². The van der Waals surface area contributed by atoms with Crippen molar-refractivity contribution in [3.63, 3.8) is 0 Å². The Balaban J connectivity index is 2.67. The molecule has 0 fully saturated rings. The highest BCUT2D eigenvalue weighted by Crippen LogP contribution is 2.36. The number of carbonyl (C=O) groups excluding carboxylic acids is 1. The molecule has 1 aliphatic rings. The van der Waals surface area contributed by atoms with Crippen LogP contribution in [0.3, 0.4) is 0 Å². The molecule has 0 atom stereocenters. The first-order valence-electron chi connectivity index (χ1n) is 6.11. The third-order valence-corrected chi connectivity index (χ3v) is 5.61. The third kappa shape index (κ3) is 2.52. The quantitative estimate of drug-likeness (QED) is 0.740. The van der Waals surface area contributed by atoms with Crippen LogP contribution in [0.25, 0.3) is 0 Å². The highest BCUT2D eigenvalue weighted by molar-refractivity contribution is 7.91. The second-order valence-electron chi connectivity index (χ2n) is 5.87. The minimum atomic E-state index is -3.34. The molecule has 0 saturated heterocycles. The number of aryl methyl sites for hydroxylation is 1. The van der Waals surface area contributed by atoms with E-state index in [1.54, 1.807) is 13.0 Å². The molecule has 0 aromatic heterocycles. The summed E-state index contributed by atoms with van der Waals surface area (Å²) in [7, 11) is -2.05. The van der Waals surface area contributed by atoms with E-state index >= 15 is 0 Å². The fourth-order valence-corrected chi connectivity index (χ4v) is 4.78. The second kappa shape index (κ2) is 4.34. The van der Waals surface area contributed by atoms with E-state index in [9.17, 15) is 13.2 Å². The van der Waals surface area contributed by atoms with Gasteiger partial charge in [-0.1, -0.05) is 19.9 Å². The van der Waals surface area contributed by atoms with Gasteiger partial charge in [0.25, 0.3) is 0 Å². The Bertz CT molecular complexity index is 642. The minimum absolute atomic E-state index is 0.108. The smallest absolute Gasteiger partial charge is 0.338 e. The molecule has 0 unspecified atom stereocenters. The van der Waals surface area contributed by atoms with Crippen molar-refractivity contribution in [3.05, 3.63) is 28.8 Å². The SMILES string of the molecule is COC(=O)c1cc2c(cc1C)CC(C)(C)CS2(=O)=O. The fraction of sp³-hybridized carbons (Fsp3) is 0.500. The summed E-state index contributed by atoms with van der Waals surface area (Å²) >= 11 is 0. The number of ether oxygens (including phenoxy) is 1. The Labute approximate surface area is 113 Å². The van der Waals surface area contributed by atoms with Crippen molar-refractivity contribution in [1.29, 1.82) is 0 Å². The first-order chi connectivity index (χ1) is 8.66. The Hall–Kier alpha value is -1.36. The number of methoxy groups -OCH3 is 1. The molecule has 1 aliphatic heterocycles. The molecule has 0 radical (unpaired) electrons. The Morgan fingerprint density at radius 3 is 2.53 bits per heavy atom. The normalized spacial score (nSPS) is 19.6. The molecule has 104 valence electrons. The largest absolute Gasteiger partial charge is 0.465 e. The number of esters is 1. The molecule has 2 rings (SSSR count). The lowest BCUT2D eigenvalue weighted by Gasteiger charge is -2.31. The van der Waals surface area contributed by atoms with Crippen molar-refractivity contribution in [1.82, 2.24) is 0 Å². The van der Waals surface area contributed by atoms with Gasteiger partial charge in [0, 0.05) is 0 Å². The van der Waals surface area contributed by atoms with Crippen molar-refractivity contribution >= 4 is 15.8 Å². The van der Waals surface area contributed by atoms with Gasteiger partial charge in [-0.3, -0.25) is 0 Å². The number of fused-ring (bicyclic) bond motifs is 1. The van der Waals surface area contributed by atoms with Gasteiger partial charge in [0.2, 0.25) is 0 Å². The van der Waals surface area contributed by atoms with E-state index in [1.165, 1.54) is 13.2 Å². The van der Waals surface area contributed by atoms with Crippen LogP contribution in [0.4, 0.5) is 0 Å². The van der Waals surface area contributed by atoms with Crippen molar-refractivity contribution in [3.8, 4) is 0 Å². The third-order valence-electron chi connectivity index (χ3n) is 3.40. The Morgan fingerprint density at radius 2 is 1.95 bits per heavy atom. The summed E-state index contributed by atoms with van der Waals surface area (Å²) in [5.74, 6) is -0.392. The number of benzene rings is 1. The molecular formula is C14H18O4S. The first-order valence-corrected chi connectivity index (χ1v) is 7.76. The zero-order valence-electron chi connectivity index (χ0n) is 11.6. The molecule has 0 bridgehead atoms. The number of sulfone groups is 1. The van der Waals surface area contributed by atoms with Crippen molar-refractivity contribution < 1.29 is 17.9 Å². The zero-order chi connectivity index (χ0) is 14.4. The maximum Gasteiger partial charge on any atom is 0.338 e. The molecule has 0 spiro atoms. The predicted octanol–water partition coefficient (Wildman–Crippen LogP) is 2.14.